The molecular formula is C21H21ClO3. The van der Waals surface area contributed by atoms with Crippen molar-refractivity contribution in [1.82, 2.24) is 0 Å². The van der Waals surface area contributed by atoms with Gasteiger partial charge in [-0.1, -0.05) is 23.7 Å². The van der Waals surface area contributed by atoms with E-state index in [-0.39, 0.29) is 11.7 Å². The van der Waals surface area contributed by atoms with E-state index in [9.17, 15) is 4.79 Å². The van der Waals surface area contributed by atoms with E-state index in [1.807, 2.05) is 49.4 Å². The Morgan fingerprint density at radius 3 is 2.56 bits per heavy atom. The molecule has 25 heavy (non-hydrogen) atoms. The Morgan fingerprint density at radius 2 is 1.88 bits per heavy atom. The third kappa shape index (κ3) is 4.05. The van der Waals surface area contributed by atoms with Crippen LogP contribution in [0.2, 0.25) is 5.02 Å². The predicted molar refractivity (Wildman–Crippen MR) is 101 cm³/mol. The third-order valence-corrected chi connectivity index (χ3v) is 4.66. The number of carbonyl (C=O) groups is 1. The van der Waals surface area contributed by atoms with Gasteiger partial charge in [0.05, 0.1) is 13.7 Å². The number of benzene rings is 2. The first-order valence-corrected chi connectivity index (χ1v) is 8.78. The molecule has 0 saturated heterocycles. The van der Waals surface area contributed by atoms with Crippen LogP contribution in [0.25, 0.3) is 5.57 Å². The Morgan fingerprint density at radius 1 is 1.12 bits per heavy atom. The van der Waals surface area contributed by atoms with E-state index < -0.39 is 0 Å². The minimum atomic E-state index is 0.129. The van der Waals surface area contributed by atoms with Gasteiger partial charge in [0.2, 0.25) is 0 Å². The molecule has 0 bridgehead atoms. The summed E-state index contributed by atoms with van der Waals surface area (Å²) in [5.74, 6) is 1.85. The fraction of sp³-hybridized carbons (Fsp3) is 0.286. The minimum Gasteiger partial charge on any atom is -0.497 e. The van der Waals surface area contributed by atoms with Crippen LogP contribution in [0, 0.1) is 0 Å². The van der Waals surface area contributed by atoms with Gasteiger partial charge in [0, 0.05) is 17.0 Å². The summed E-state index contributed by atoms with van der Waals surface area (Å²) < 4.78 is 10.9. The van der Waals surface area contributed by atoms with Gasteiger partial charge in [-0.3, -0.25) is 4.79 Å². The number of ketones is 1. The molecule has 2 aromatic carbocycles. The van der Waals surface area contributed by atoms with E-state index >= 15 is 0 Å². The lowest BCUT2D eigenvalue weighted by Gasteiger charge is -2.24. The Bertz CT molecular complexity index is 793. The lowest BCUT2D eigenvalue weighted by molar-refractivity contribution is -0.115. The number of halogens is 1. The van der Waals surface area contributed by atoms with Gasteiger partial charge in [0.15, 0.2) is 5.78 Å². The Kier molecular flexibility index (Phi) is 5.44. The second-order valence-electron chi connectivity index (χ2n) is 6.09. The molecule has 1 aliphatic rings. The highest BCUT2D eigenvalue weighted by Crippen LogP contribution is 2.40. The Labute approximate surface area is 153 Å². The van der Waals surface area contributed by atoms with Crippen LogP contribution in [0.3, 0.4) is 0 Å². The molecule has 130 valence electrons. The summed E-state index contributed by atoms with van der Waals surface area (Å²) in [5.41, 5.74) is 3.02. The Balaban J connectivity index is 1.92. The van der Waals surface area contributed by atoms with Gasteiger partial charge in [-0.25, -0.2) is 0 Å². The van der Waals surface area contributed by atoms with Crippen LogP contribution in [0.1, 0.15) is 36.8 Å². The molecule has 0 aliphatic heterocycles. The maximum absolute atomic E-state index is 12.3. The molecule has 0 radical (unpaired) electrons. The molecule has 1 atom stereocenters. The van der Waals surface area contributed by atoms with Gasteiger partial charge in [0.1, 0.15) is 11.5 Å². The SMILES string of the molecule is CCOc1ccc(Cl)cc1C1=CC(=O)C[C@H](c2ccc(OC)cc2)C1. The molecule has 3 rings (SSSR count). The van der Waals surface area contributed by atoms with E-state index in [4.69, 9.17) is 21.1 Å². The fourth-order valence-corrected chi connectivity index (χ4v) is 3.40. The zero-order valence-corrected chi connectivity index (χ0v) is 15.2. The van der Waals surface area contributed by atoms with E-state index in [1.165, 1.54) is 0 Å². The van der Waals surface area contributed by atoms with Gasteiger partial charge in [-0.2, -0.15) is 0 Å². The van der Waals surface area contributed by atoms with Gasteiger partial charge in [-0.15, -0.1) is 0 Å². The number of allylic oxidation sites excluding steroid dienone is 2. The number of ether oxygens (including phenoxy) is 2. The van der Waals surface area contributed by atoms with Crippen LogP contribution in [0.4, 0.5) is 0 Å². The third-order valence-electron chi connectivity index (χ3n) is 4.42. The van der Waals surface area contributed by atoms with Crippen molar-refractivity contribution in [3.05, 3.63) is 64.7 Å². The summed E-state index contributed by atoms with van der Waals surface area (Å²) in [4.78, 5) is 12.3. The minimum absolute atomic E-state index is 0.129. The van der Waals surface area contributed by atoms with Gasteiger partial charge < -0.3 is 9.47 Å². The summed E-state index contributed by atoms with van der Waals surface area (Å²) in [6.45, 7) is 2.51. The van der Waals surface area contributed by atoms with Gasteiger partial charge >= 0.3 is 0 Å². The zero-order chi connectivity index (χ0) is 17.8. The van der Waals surface area contributed by atoms with Crippen molar-refractivity contribution in [1.29, 1.82) is 0 Å². The summed E-state index contributed by atoms with van der Waals surface area (Å²) in [5, 5.41) is 0.637. The van der Waals surface area contributed by atoms with E-state index in [0.29, 0.717) is 18.1 Å². The molecule has 1 aliphatic carbocycles. The van der Waals surface area contributed by atoms with Crippen molar-refractivity contribution in [2.45, 2.75) is 25.7 Å². The smallest absolute Gasteiger partial charge is 0.156 e. The van der Waals surface area contributed by atoms with Gasteiger partial charge in [-0.05, 0) is 66.8 Å². The van der Waals surface area contributed by atoms with Crippen molar-refractivity contribution in [2.75, 3.05) is 13.7 Å². The van der Waals surface area contributed by atoms with Crippen LogP contribution >= 0.6 is 11.6 Å². The molecular weight excluding hydrogens is 336 g/mol. The molecule has 0 fully saturated rings. The lowest BCUT2D eigenvalue weighted by Crippen LogP contribution is -2.13. The van der Waals surface area contributed by atoms with Crippen molar-refractivity contribution in [3.8, 4) is 11.5 Å². The van der Waals surface area contributed by atoms with Crippen LogP contribution in [-0.4, -0.2) is 19.5 Å². The number of carbonyl (C=O) groups excluding carboxylic acids is 1. The van der Waals surface area contributed by atoms with Crippen LogP contribution < -0.4 is 9.47 Å². The summed E-state index contributed by atoms with van der Waals surface area (Å²) in [7, 11) is 1.65. The van der Waals surface area contributed by atoms with E-state index in [1.54, 1.807) is 13.2 Å². The first kappa shape index (κ1) is 17.6. The first-order chi connectivity index (χ1) is 12.1. The molecule has 0 saturated carbocycles. The number of rotatable bonds is 5. The van der Waals surface area contributed by atoms with Crippen molar-refractivity contribution < 1.29 is 14.3 Å². The number of methoxy groups -OCH3 is 1. The highest BCUT2D eigenvalue weighted by atomic mass is 35.5. The highest BCUT2D eigenvalue weighted by molar-refractivity contribution is 6.30. The lowest BCUT2D eigenvalue weighted by atomic mass is 9.81. The van der Waals surface area contributed by atoms with E-state index in [0.717, 1.165) is 34.6 Å². The van der Waals surface area contributed by atoms with Crippen LogP contribution in [-0.2, 0) is 4.79 Å². The Hall–Kier alpha value is -2.26. The first-order valence-electron chi connectivity index (χ1n) is 8.40. The van der Waals surface area contributed by atoms with Crippen molar-refractivity contribution in [3.63, 3.8) is 0 Å². The molecule has 4 heteroatoms. The van der Waals surface area contributed by atoms with E-state index in [2.05, 4.69) is 0 Å². The summed E-state index contributed by atoms with van der Waals surface area (Å²) >= 11 is 6.18. The zero-order valence-electron chi connectivity index (χ0n) is 14.4. The van der Waals surface area contributed by atoms with Crippen LogP contribution in [0.15, 0.2) is 48.5 Å². The average Bonchev–Trinajstić information content (AvgIpc) is 2.63. The molecule has 0 unspecified atom stereocenters. The van der Waals surface area contributed by atoms with Crippen LogP contribution in [0.5, 0.6) is 11.5 Å². The maximum Gasteiger partial charge on any atom is 0.156 e. The monoisotopic (exact) mass is 356 g/mol. The molecule has 0 amide bonds. The fourth-order valence-electron chi connectivity index (χ4n) is 3.23. The van der Waals surface area contributed by atoms with Gasteiger partial charge in [0.25, 0.3) is 0 Å². The number of hydrogen-bond acceptors (Lipinski definition) is 3. The van der Waals surface area contributed by atoms with Crippen molar-refractivity contribution >= 4 is 23.0 Å². The maximum atomic E-state index is 12.3. The largest absolute Gasteiger partial charge is 0.497 e. The number of hydrogen-bond donors (Lipinski definition) is 0. The quantitative estimate of drug-likeness (QED) is 0.731. The molecule has 3 nitrogen and oxygen atoms in total. The molecule has 0 heterocycles. The van der Waals surface area contributed by atoms with Crippen molar-refractivity contribution in [2.24, 2.45) is 0 Å². The molecule has 0 N–H and O–H groups in total. The predicted octanol–water partition coefficient (Wildman–Crippen LogP) is 5.28. The summed E-state index contributed by atoms with van der Waals surface area (Å²) in [6.07, 6.45) is 3.02. The average molecular weight is 357 g/mol. The molecule has 0 spiro atoms. The second kappa shape index (κ2) is 7.75. The second-order valence-corrected chi connectivity index (χ2v) is 6.52. The normalized spacial score (nSPS) is 17.2. The highest BCUT2D eigenvalue weighted by Gasteiger charge is 2.24. The molecule has 2 aromatic rings. The summed E-state index contributed by atoms with van der Waals surface area (Å²) in [6, 6.07) is 13.5. The topological polar surface area (TPSA) is 35.5 Å². The molecule has 0 aromatic heterocycles. The standard InChI is InChI=1S/C21H21ClO3/c1-3-25-21-9-6-17(22)13-20(21)16-10-15(11-18(23)12-16)14-4-7-19(24-2)8-5-14/h4-9,12-13,15H,3,10-11H2,1-2H3/t15-/m1/s1.